The van der Waals surface area contributed by atoms with Crippen molar-refractivity contribution in [1.82, 2.24) is 9.13 Å². The smallest absolute Gasteiger partial charge is 0.0562 e. The highest BCUT2D eigenvalue weighted by molar-refractivity contribution is 6.19. The molecule has 0 saturated carbocycles. The van der Waals surface area contributed by atoms with Gasteiger partial charge in [-0.3, -0.25) is 0 Å². The second kappa shape index (κ2) is 9.86. The normalized spacial score (nSPS) is 11.6. The first-order valence-corrected chi connectivity index (χ1v) is 15.1. The maximum Gasteiger partial charge on any atom is 0.0562 e. The number of aromatic nitrogens is 2. The van der Waals surface area contributed by atoms with Crippen LogP contribution < -0.4 is 0 Å². The van der Waals surface area contributed by atoms with Gasteiger partial charge in [-0.2, -0.15) is 0 Å². The number of nitrogens with zero attached hydrogens (tertiary/aromatic N) is 2. The molecule has 0 N–H and O–H groups in total. The lowest BCUT2D eigenvalue weighted by atomic mass is 9.98. The molecule has 44 heavy (non-hydrogen) atoms. The van der Waals surface area contributed by atoms with E-state index in [0.717, 1.165) is 11.4 Å². The standard InChI is InChI=1S/C42H28N2/c1-4-14-29(15-5-1)31-24-32(30-16-6-2-7-17-30)26-34(25-31)44-40-23-13-11-21-36(40)38-27-37-35-20-10-12-22-39(35)43(41(37)28-42(38)44)33-18-8-3-9-19-33/h1-28H. The number of fused-ring (bicyclic) bond motifs is 6. The molecule has 0 aliphatic carbocycles. The number of hydrogen-bond acceptors (Lipinski definition) is 0. The van der Waals surface area contributed by atoms with Gasteiger partial charge in [0, 0.05) is 32.9 Å². The first kappa shape index (κ1) is 24.7. The SMILES string of the molecule is c1ccc(-c2cc(-c3ccccc3)cc(-n3c4ccccc4c4cc5c6ccccc6n(-c6ccccc6)c5cc43)c2)cc1. The minimum absolute atomic E-state index is 1.15. The van der Waals surface area contributed by atoms with Crippen LogP contribution in [0.15, 0.2) is 170 Å². The Bertz CT molecular complexity index is 2410. The molecule has 2 heteroatoms. The van der Waals surface area contributed by atoms with Gasteiger partial charge >= 0.3 is 0 Å². The average Bonchev–Trinajstić information content (AvgIpc) is 3.60. The Labute approximate surface area is 255 Å². The van der Waals surface area contributed by atoms with Crippen molar-refractivity contribution in [3.8, 4) is 33.6 Å². The van der Waals surface area contributed by atoms with Crippen molar-refractivity contribution in [2.45, 2.75) is 0 Å². The Morgan fingerprint density at radius 2 is 0.682 bits per heavy atom. The first-order valence-electron chi connectivity index (χ1n) is 15.1. The molecule has 2 nitrogen and oxygen atoms in total. The monoisotopic (exact) mass is 560 g/mol. The van der Waals surface area contributed by atoms with E-state index in [1.165, 1.54) is 65.9 Å². The van der Waals surface area contributed by atoms with Crippen LogP contribution in [0.25, 0.3) is 77.2 Å². The van der Waals surface area contributed by atoms with Crippen LogP contribution in [0.3, 0.4) is 0 Å². The van der Waals surface area contributed by atoms with Crippen LogP contribution in [0.1, 0.15) is 0 Å². The van der Waals surface area contributed by atoms with Gasteiger partial charge in [0.25, 0.3) is 0 Å². The zero-order valence-corrected chi connectivity index (χ0v) is 24.1. The quantitative estimate of drug-likeness (QED) is 0.203. The van der Waals surface area contributed by atoms with Crippen LogP contribution in [0.5, 0.6) is 0 Å². The van der Waals surface area contributed by atoms with E-state index < -0.39 is 0 Å². The Hall–Kier alpha value is -5.86. The predicted molar refractivity (Wildman–Crippen MR) is 186 cm³/mol. The Balaban J connectivity index is 1.41. The molecule has 2 aromatic heterocycles. The molecule has 0 amide bonds. The van der Waals surface area contributed by atoms with E-state index in [-0.39, 0.29) is 0 Å². The third-order valence-corrected chi connectivity index (χ3v) is 8.87. The molecule has 0 aliphatic rings. The highest BCUT2D eigenvalue weighted by Gasteiger charge is 2.19. The summed E-state index contributed by atoms with van der Waals surface area (Å²) in [5.41, 5.74) is 12.0. The van der Waals surface area contributed by atoms with Gasteiger partial charge in [0.2, 0.25) is 0 Å². The fourth-order valence-electron chi connectivity index (χ4n) is 6.90. The maximum atomic E-state index is 2.45. The van der Waals surface area contributed by atoms with Crippen LogP contribution in [0, 0.1) is 0 Å². The molecule has 0 spiro atoms. The van der Waals surface area contributed by atoms with Gasteiger partial charge < -0.3 is 9.13 Å². The molecule has 206 valence electrons. The predicted octanol–water partition coefficient (Wildman–Crippen LogP) is 11.2. The van der Waals surface area contributed by atoms with E-state index >= 15 is 0 Å². The molecule has 9 aromatic rings. The number of benzene rings is 7. The lowest BCUT2D eigenvalue weighted by Crippen LogP contribution is -1.97. The Morgan fingerprint density at radius 3 is 1.20 bits per heavy atom. The van der Waals surface area contributed by atoms with Crippen molar-refractivity contribution in [1.29, 1.82) is 0 Å². The van der Waals surface area contributed by atoms with E-state index in [4.69, 9.17) is 0 Å². The minimum Gasteiger partial charge on any atom is -0.309 e. The zero-order chi connectivity index (χ0) is 29.0. The van der Waals surface area contributed by atoms with E-state index in [1.54, 1.807) is 0 Å². The van der Waals surface area contributed by atoms with Crippen LogP contribution in [0.2, 0.25) is 0 Å². The molecule has 0 saturated heterocycles. The van der Waals surface area contributed by atoms with Gasteiger partial charge in [-0.25, -0.2) is 0 Å². The topological polar surface area (TPSA) is 9.86 Å². The zero-order valence-electron chi connectivity index (χ0n) is 24.1. The van der Waals surface area contributed by atoms with E-state index in [1.807, 2.05) is 0 Å². The second-order valence-electron chi connectivity index (χ2n) is 11.4. The summed E-state index contributed by atoms with van der Waals surface area (Å²) in [7, 11) is 0. The lowest BCUT2D eigenvalue weighted by molar-refractivity contribution is 1.16. The van der Waals surface area contributed by atoms with Gasteiger partial charge in [0.1, 0.15) is 0 Å². The summed E-state index contributed by atoms with van der Waals surface area (Å²) in [4.78, 5) is 0. The van der Waals surface area contributed by atoms with Crippen molar-refractivity contribution in [2.75, 3.05) is 0 Å². The molecule has 0 fully saturated rings. The molecule has 0 atom stereocenters. The first-order chi connectivity index (χ1) is 21.8. The summed E-state index contributed by atoms with van der Waals surface area (Å²) in [6.45, 7) is 0. The minimum atomic E-state index is 1.15. The van der Waals surface area contributed by atoms with Crippen LogP contribution >= 0.6 is 0 Å². The summed E-state index contributed by atoms with van der Waals surface area (Å²) in [6, 6.07) is 61.5. The second-order valence-corrected chi connectivity index (χ2v) is 11.4. The average molecular weight is 561 g/mol. The molecule has 0 unspecified atom stereocenters. The van der Waals surface area contributed by atoms with Crippen molar-refractivity contribution in [3.05, 3.63) is 170 Å². The third kappa shape index (κ3) is 3.82. The Morgan fingerprint density at radius 1 is 0.250 bits per heavy atom. The lowest BCUT2D eigenvalue weighted by Gasteiger charge is -2.14. The van der Waals surface area contributed by atoms with E-state index in [2.05, 4.69) is 179 Å². The summed E-state index contributed by atoms with van der Waals surface area (Å²) < 4.78 is 4.86. The molecular formula is C42H28N2. The van der Waals surface area contributed by atoms with Crippen LogP contribution in [0.4, 0.5) is 0 Å². The molecule has 0 bridgehead atoms. The number of rotatable bonds is 4. The molecule has 0 aliphatic heterocycles. The molecule has 9 rings (SSSR count). The van der Waals surface area contributed by atoms with Gasteiger partial charge in [0.05, 0.1) is 22.1 Å². The van der Waals surface area contributed by atoms with Crippen molar-refractivity contribution in [2.24, 2.45) is 0 Å². The van der Waals surface area contributed by atoms with Crippen LogP contribution in [-0.2, 0) is 0 Å². The van der Waals surface area contributed by atoms with Gasteiger partial charge in [-0.15, -0.1) is 0 Å². The molecule has 0 radical (unpaired) electrons. The third-order valence-electron chi connectivity index (χ3n) is 8.87. The van der Waals surface area contributed by atoms with E-state index in [0.29, 0.717) is 0 Å². The number of para-hydroxylation sites is 3. The van der Waals surface area contributed by atoms with Gasteiger partial charge in [-0.1, -0.05) is 115 Å². The largest absolute Gasteiger partial charge is 0.309 e. The summed E-state index contributed by atoms with van der Waals surface area (Å²) in [5, 5.41) is 5.05. The highest BCUT2D eigenvalue weighted by atomic mass is 15.0. The fraction of sp³-hybridized carbons (Fsp3) is 0. The van der Waals surface area contributed by atoms with Gasteiger partial charge in [0.15, 0.2) is 0 Å². The molecule has 2 heterocycles. The Kier molecular flexibility index (Phi) is 5.54. The fourth-order valence-corrected chi connectivity index (χ4v) is 6.90. The van der Waals surface area contributed by atoms with Crippen LogP contribution in [-0.4, -0.2) is 9.13 Å². The summed E-state index contributed by atoms with van der Waals surface area (Å²) >= 11 is 0. The van der Waals surface area contributed by atoms with Crippen molar-refractivity contribution >= 4 is 43.6 Å². The van der Waals surface area contributed by atoms with Crippen molar-refractivity contribution in [3.63, 3.8) is 0 Å². The number of hydrogen-bond donors (Lipinski definition) is 0. The van der Waals surface area contributed by atoms with E-state index in [9.17, 15) is 0 Å². The van der Waals surface area contributed by atoms with Crippen molar-refractivity contribution < 1.29 is 0 Å². The van der Waals surface area contributed by atoms with Gasteiger partial charge in [-0.05, 0) is 76.9 Å². The summed E-state index contributed by atoms with van der Waals surface area (Å²) in [5.74, 6) is 0. The molecular weight excluding hydrogens is 532 g/mol. The molecule has 7 aromatic carbocycles. The highest BCUT2D eigenvalue weighted by Crippen LogP contribution is 2.40. The maximum absolute atomic E-state index is 2.45. The summed E-state index contributed by atoms with van der Waals surface area (Å²) in [6.07, 6.45) is 0.